The summed E-state index contributed by atoms with van der Waals surface area (Å²) in [6, 6.07) is 0. The van der Waals surface area contributed by atoms with Crippen LogP contribution in [0, 0.1) is 0 Å². The standard InChI is InChI=1S/C8H16S/c1-8(9-2)6-4-3-5-7-8/h3-7H2,1-2H3. The van der Waals surface area contributed by atoms with Crippen molar-refractivity contribution in [2.75, 3.05) is 6.26 Å². The van der Waals surface area contributed by atoms with Gasteiger partial charge in [-0.15, -0.1) is 0 Å². The minimum atomic E-state index is 0.637. The van der Waals surface area contributed by atoms with Crippen molar-refractivity contribution in [2.24, 2.45) is 0 Å². The minimum Gasteiger partial charge on any atom is -0.159 e. The van der Waals surface area contributed by atoms with Crippen LogP contribution in [0.4, 0.5) is 0 Å². The lowest BCUT2D eigenvalue weighted by Gasteiger charge is -2.31. The van der Waals surface area contributed by atoms with Crippen LogP contribution in [0.25, 0.3) is 0 Å². The molecule has 1 fully saturated rings. The van der Waals surface area contributed by atoms with E-state index in [0.717, 1.165) is 0 Å². The highest BCUT2D eigenvalue weighted by Crippen LogP contribution is 2.37. The van der Waals surface area contributed by atoms with Gasteiger partial charge in [0.25, 0.3) is 0 Å². The predicted molar refractivity (Wildman–Crippen MR) is 45.0 cm³/mol. The highest BCUT2D eigenvalue weighted by molar-refractivity contribution is 7.99. The van der Waals surface area contributed by atoms with Crippen molar-refractivity contribution in [1.29, 1.82) is 0 Å². The molecule has 1 rings (SSSR count). The smallest absolute Gasteiger partial charge is 0.0129 e. The molecule has 0 N–H and O–H groups in total. The summed E-state index contributed by atoms with van der Waals surface area (Å²) in [4.78, 5) is 0. The first-order valence-electron chi connectivity index (χ1n) is 3.82. The van der Waals surface area contributed by atoms with Gasteiger partial charge < -0.3 is 0 Å². The zero-order chi connectivity index (χ0) is 6.74. The molecule has 0 spiro atoms. The van der Waals surface area contributed by atoms with Crippen LogP contribution in [-0.4, -0.2) is 11.0 Å². The zero-order valence-corrected chi connectivity index (χ0v) is 7.26. The van der Waals surface area contributed by atoms with E-state index in [2.05, 4.69) is 13.2 Å². The number of hydrogen-bond donors (Lipinski definition) is 0. The molecule has 54 valence electrons. The van der Waals surface area contributed by atoms with Gasteiger partial charge in [-0.2, -0.15) is 11.8 Å². The third-order valence-electron chi connectivity index (χ3n) is 2.40. The Bertz CT molecular complexity index is 82.6. The van der Waals surface area contributed by atoms with Crippen molar-refractivity contribution in [3.63, 3.8) is 0 Å². The van der Waals surface area contributed by atoms with E-state index in [0.29, 0.717) is 4.75 Å². The van der Waals surface area contributed by atoms with Crippen molar-refractivity contribution in [1.82, 2.24) is 0 Å². The summed E-state index contributed by atoms with van der Waals surface area (Å²) in [5.74, 6) is 0. The van der Waals surface area contributed by atoms with Crippen LogP contribution in [0.15, 0.2) is 0 Å². The van der Waals surface area contributed by atoms with Gasteiger partial charge in [0, 0.05) is 4.75 Å². The number of rotatable bonds is 1. The highest BCUT2D eigenvalue weighted by atomic mass is 32.2. The van der Waals surface area contributed by atoms with Gasteiger partial charge in [0.15, 0.2) is 0 Å². The van der Waals surface area contributed by atoms with Gasteiger partial charge in [-0.25, -0.2) is 0 Å². The van der Waals surface area contributed by atoms with Crippen molar-refractivity contribution in [3.05, 3.63) is 0 Å². The molecule has 1 aliphatic rings. The van der Waals surface area contributed by atoms with Crippen LogP contribution in [0.5, 0.6) is 0 Å². The summed E-state index contributed by atoms with van der Waals surface area (Å²) in [6.45, 7) is 2.40. The Balaban J connectivity index is 2.37. The SMILES string of the molecule is CSC1(C)CCCCC1. The van der Waals surface area contributed by atoms with Crippen molar-refractivity contribution < 1.29 is 0 Å². The lowest BCUT2D eigenvalue weighted by Crippen LogP contribution is -2.22. The maximum Gasteiger partial charge on any atom is 0.0129 e. The lowest BCUT2D eigenvalue weighted by atomic mass is 9.90. The summed E-state index contributed by atoms with van der Waals surface area (Å²) in [5, 5.41) is 0. The molecule has 0 saturated heterocycles. The second-order valence-corrected chi connectivity index (χ2v) is 4.61. The van der Waals surface area contributed by atoms with Crippen LogP contribution >= 0.6 is 11.8 Å². The van der Waals surface area contributed by atoms with Gasteiger partial charge in [0.1, 0.15) is 0 Å². The van der Waals surface area contributed by atoms with Gasteiger partial charge in [-0.1, -0.05) is 26.2 Å². The first-order valence-corrected chi connectivity index (χ1v) is 5.04. The molecule has 1 heteroatoms. The van der Waals surface area contributed by atoms with Gasteiger partial charge in [-0.3, -0.25) is 0 Å². The lowest BCUT2D eigenvalue weighted by molar-refractivity contribution is 0.422. The predicted octanol–water partition coefficient (Wildman–Crippen LogP) is 3.07. The summed E-state index contributed by atoms with van der Waals surface area (Å²) in [6.07, 6.45) is 9.50. The van der Waals surface area contributed by atoms with Crippen LogP contribution in [-0.2, 0) is 0 Å². The summed E-state index contributed by atoms with van der Waals surface area (Å²) in [7, 11) is 0. The Morgan fingerprint density at radius 1 is 1.11 bits per heavy atom. The summed E-state index contributed by atoms with van der Waals surface area (Å²) >= 11 is 2.05. The number of hydrogen-bond acceptors (Lipinski definition) is 1. The van der Waals surface area contributed by atoms with E-state index >= 15 is 0 Å². The molecule has 0 unspecified atom stereocenters. The van der Waals surface area contributed by atoms with Crippen LogP contribution in [0.2, 0.25) is 0 Å². The third kappa shape index (κ3) is 1.89. The molecule has 1 saturated carbocycles. The van der Waals surface area contributed by atoms with Crippen molar-refractivity contribution >= 4 is 11.8 Å². The highest BCUT2D eigenvalue weighted by Gasteiger charge is 2.24. The Hall–Kier alpha value is 0.350. The molecule has 0 aromatic carbocycles. The van der Waals surface area contributed by atoms with Crippen LogP contribution in [0.1, 0.15) is 39.0 Å². The second kappa shape index (κ2) is 2.96. The fourth-order valence-electron chi connectivity index (χ4n) is 1.50. The second-order valence-electron chi connectivity index (χ2n) is 3.21. The topological polar surface area (TPSA) is 0 Å². The number of thioether (sulfide) groups is 1. The van der Waals surface area contributed by atoms with E-state index in [4.69, 9.17) is 0 Å². The van der Waals surface area contributed by atoms with E-state index < -0.39 is 0 Å². The molecule has 9 heavy (non-hydrogen) atoms. The maximum absolute atomic E-state index is 2.40. The minimum absolute atomic E-state index is 0.637. The summed E-state index contributed by atoms with van der Waals surface area (Å²) in [5.41, 5.74) is 0. The molecule has 0 aliphatic heterocycles. The molecule has 0 nitrogen and oxygen atoms in total. The zero-order valence-electron chi connectivity index (χ0n) is 6.44. The monoisotopic (exact) mass is 144 g/mol. The fourth-order valence-corrected chi connectivity index (χ4v) is 2.20. The van der Waals surface area contributed by atoms with Gasteiger partial charge >= 0.3 is 0 Å². The first kappa shape index (κ1) is 7.46. The molecule has 0 aromatic rings. The molecule has 0 bridgehead atoms. The third-order valence-corrected chi connectivity index (χ3v) is 3.80. The van der Waals surface area contributed by atoms with E-state index in [1.54, 1.807) is 0 Å². The summed E-state index contributed by atoms with van der Waals surface area (Å²) < 4.78 is 0.637. The molecule has 0 heterocycles. The molecule has 0 aromatic heterocycles. The van der Waals surface area contributed by atoms with E-state index in [9.17, 15) is 0 Å². The normalized spacial score (nSPS) is 26.0. The van der Waals surface area contributed by atoms with Gasteiger partial charge in [0.2, 0.25) is 0 Å². The molecule has 1 aliphatic carbocycles. The first-order chi connectivity index (χ1) is 4.27. The Kier molecular flexibility index (Phi) is 2.45. The molecule has 0 amide bonds. The fraction of sp³-hybridized carbons (Fsp3) is 1.00. The van der Waals surface area contributed by atoms with Gasteiger partial charge in [0.05, 0.1) is 0 Å². The molecular weight excluding hydrogens is 128 g/mol. The quantitative estimate of drug-likeness (QED) is 0.545. The van der Waals surface area contributed by atoms with Gasteiger partial charge in [-0.05, 0) is 19.1 Å². The van der Waals surface area contributed by atoms with Crippen molar-refractivity contribution in [3.8, 4) is 0 Å². The van der Waals surface area contributed by atoms with E-state index in [1.807, 2.05) is 11.8 Å². The van der Waals surface area contributed by atoms with Crippen molar-refractivity contribution in [2.45, 2.75) is 43.8 Å². The maximum atomic E-state index is 2.40. The average molecular weight is 144 g/mol. The molecular formula is C8H16S. The molecule has 0 atom stereocenters. The average Bonchev–Trinajstić information content (AvgIpc) is 1.90. The Morgan fingerprint density at radius 2 is 1.67 bits per heavy atom. The van der Waals surface area contributed by atoms with Crippen LogP contribution in [0.3, 0.4) is 0 Å². The van der Waals surface area contributed by atoms with E-state index in [1.165, 1.54) is 32.1 Å². The van der Waals surface area contributed by atoms with E-state index in [-0.39, 0.29) is 0 Å². The Labute approximate surface area is 62.4 Å². The largest absolute Gasteiger partial charge is 0.159 e. The molecule has 0 radical (unpaired) electrons. The Morgan fingerprint density at radius 3 is 2.00 bits per heavy atom. The van der Waals surface area contributed by atoms with Crippen LogP contribution < -0.4 is 0 Å².